The monoisotopic (exact) mass is 375 g/mol. The van der Waals surface area contributed by atoms with Crippen LogP contribution in [-0.2, 0) is 11.3 Å². The minimum Gasteiger partial charge on any atom is -0.468 e. The molecule has 2 rings (SSSR count). The van der Waals surface area contributed by atoms with Gasteiger partial charge in [-0.15, -0.1) is 0 Å². The topological polar surface area (TPSA) is 71.0 Å². The zero-order chi connectivity index (χ0) is 18.8. The van der Waals surface area contributed by atoms with Gasteiger partial charge in [0.05, 0.1) is 13.2 Å². The molecule has 0 spiro atoms. The molecule has 26 heavy (non-hydrogen) atoms. The quantitative estimate of drug-likeness (QED) is 0.548. The molecule has 0 unspecified atom stereocenters. The summed E-state index contributed by atoms with van der Waals surface area (Å²) in [5, 5.41) is 6.36. The maximum absolute atomic E-state index is 12.1. The van der Waals surface area contributed by atoms with Crippen LogP contribution in [0.4, 0.5) is 13.2 Å². The Labute approximate surface area is 150 Å². The first-order chi connectivity index (χ1) is 12.5. The first kappa shape index (κ1) is 20.2. The number of halogens is 3. The summed E-state index contributed by atoms with van der Waals surface area (Å²) < 4.78 is 46.2. The van der Waals surface area contributed by atoms with Gasteiger partial charge in [-0.1, -0.05) is 6.07 Å². The maximum Gasteiger partial charge on any atom is 0.422 e. The van der Waals surface area contributed by atoms with Gasteiger partial charge in [-0.3, -0.25) is 9.89 Å². The highest BCUT2D eigenvalue weighted by Crippen LogP contribution is 2.16. The van der Waals surface area contributed by atoms with Crippen LogP contribution in [0.15, 0.2) is 23.3 Å². The average molecular weight is 375 g/mol. The van der Waals surface area contributed by atoms with Crippen LogP contribution in [0.2, 0.25) is 0 Å². The van der Waals surface area contributed by atoms with Crippen molar-refractivity contribution in [2.45, 2.75) is 12.7 Å². The molecule has 7 nitrogen and oxygen atoms in total. The summed E-state index contributed by atoms with van der Waals surface area (Å²) in [5.41, 5.74) is 0.806. The van der Waals surface area contributed by atoms with E-state index < -0.39 is 12.8 Å². The lowest BCUT2D eigenvalue weighted by Gasteiger charge is -2.26. The Bertz CT molecular complexity index is 560. The van der Waals surface area contributed by atoms with Gasteiger partial charge in [-0.25, -0.2) is 4.98 Å². The zero-order valence-electron chi connectivity index (χ0n) is 14.7. The van der Waals surface area contributed by atoms with Crippen LogP contribution in [0, 0.1) is 0 Å². The van der Waals surface area contributed by atoms with E-state index >= 15 is 0 Å². The minimum atomic E-state index is -4.37. The average Bonchev–Trinajstić information content (AvgIpc) is 2.64. The fourth-order valence-electron chi connectivity index (χ4n) is 2.32. The van der Waals surface area contributed by atoms with E-state index in [1.807, 2.05) is 0 Å². The van der Waals surface area contributed by atoms with E-state index in [1.165, 1.54) is 12.3 Å². The molecule has 1 saturated heterocycles. The molecule has 0 aromatic carbocycles. The highest BCUT2D eigenvalue weighted by Gasteiger charge is 2.28. The third-order valence-electron chi connectivity index (χ3n) is 3.69. The van der Waals surface area contributed by atoms with Crippen LogP contribution < -0.4 is 15.4 Å². The van der Waals surface area contributed by atoms with Gasteiger partial charge in [0.25, 0.3) is 0 Å². The van der Waals surface area contributed by atoms with Gasteiger partial charge in [0.15, 0.2) is 12.6 Å². The number of alkyl halides is 3. The van der Waals surface area contributed by atoms with E-state index in [9.17, 15) is 13.2 Å². The summed E-state index contributed by atoms with van der Waals surface area (Å²) in [4.78, 5) is 10.3. The number of guanidine groups is 1. The molecule has 0 bridgehead atoms. The van der Waals surface area contributed by atoms with Gasteiger partial charge in [-0.2, -0.15) is 13.2 Å². The van der Waals surface area contributed by atoms with Crippen LogP contribution in [0.25, 0.3) is 0 Å². The van der Waals surface area contributed by atoms with Crippen molar-refractivity contribution < 1.29 is 22.6 Å². The minimum absolute atomic E-state index is 0.0564. The second-order valence-corrected chi connectivity index (χ2v) is 5.72. The summed E-state index contributed by atoms with van der Waals surface area (Å²) in [6.07, 6.45) is -2.90. The van der Waals surface area contributed by atoms with Gasteiger partial charge >= 0.3 is 6.18 Å². The molecule has 0 radical (unpaired) electrons. The molecular weight excluding hydrogens is 351 g/mol. The standard InChI is InChI=1S/C16H24F3N5O2/c1-20-15(21-4-5-24-6-8-25-9-7-24)23-11-13-2-3-14(22-10-13)26-12-16(17,18)19/h2-3,10H,4-9,11-12H2,1H3,(H2,20,21,23). The van der Waals surface area contributed by atoms with Gasteiger partial charge in [0, 0.05) is 52.0 Å². The molecule has 1 fully saturated rings. The van der Waals surface area contributed by atoms with Crippen molar-refractivity contribution in [3.63, 3.8) is 0 Å². The SMILES string of the molecule is CN=C(NCCN1CCOCC1)NCc1ccc(OCC(F)(F)F)nc1. The molecule has 2 N–H and O–H groups in total. The van der Waals surface area contributed by atoms with Gasteiger partial charge < -0.3 is 20.1 Å². The van der Waals surface area contributed by atoms with Crippen molar-refractivity contribution in [1.29, 1.82) is 0 Å². The molecule has 0 atom stereocenters. The third kappa shape index (κ3) is 7.87. The maximum atomic E-state index is 12.1. The van der Waals surface area contributed by atoms with Crippen molar-refractivity contribution in [2.24, 2.45) is 4.99 Å². The smallest absolute Gasteiger partial charge is 0.422 e. The van der Waals surface area contributed by atoms with Crippen LogP contribution >= 0.6 is 0 Å². The molecule has 0 amide bonds. The summed E-state index contributed by atoms with van der Waals surface area (Å²) in [7, 11) is 1.68. The van der Waals surface area contributed by atoms with Crippen LogP contribution in [0.1, 0.15) is 5.56 Å². The van der Waals surface area contributed by atoms with E-state index in [4.69, 9.17) is 4.74 Å². The van der Waals surface area contributed by atoms with Gasteiger partial charge in [0.1, 0.15) is 0 Å². The highest BCUT2D eigenvalue weighted by atomic mass is 19.4. The lowest BCUT2D eigenvalue weighted by atomic mass is 10.3. The first-order valence-corrected chi connectivity index (χ1v) is 8.35. The Kier molecular flexibility index (Phi) is 7.92. The van der Waals surface area contributed by atoms with Crippen LogP contribution in [0.3, 0.4) is 0 Å². The van der Waals surface area contributed by atoms with E-state index in [0.29, 0.717) is 12.5 Å². The number of aromatic nitrogens is 1. The summed E-state index contributed by atoms with van der Waals surface area (Å²) in [6, 6.07) is 3.07. The van der Waals surface area contributed by atoms with Crippen LogP contribution in [0.5, 0.6) is 5.88 Å². The Morgan fingerprint density at radius 1 is 1.31 bits per heavy atom. The number of nitrogens with one attached hydrogen (secondary N) is 2. The van der Waals surface area contributed by atoms with Crippen molar-refractivity contribution in [3.8, 4) is 5.88 Å². The lowest BCUT2D eigenvalue weighted by molar-refractivity contribution is -0.154. The summed E-state index contributed by atoms with van der Waals surface area (Å²) >= 11 is 0. The fraction of sp³-hybridized carbons (Fsp3) is 0.625. The number of ether oxygens (including phenoxy) is 2. The Morgan fingerprint density at radius 2 is 2.08 bits per heavy atom. The lowest BCUT2D eigenvalue weighted by Crippen LogP contribution is -2.44. The Morgan fingerprint density at radius 3 is 2.69 bits per heavy atom. The fourth-order valence-corrected chi connectivity index (χ4v) is 2.32. The van der Waals surface area contributed by atoms with Crippen molar-refractivity contribution in [1.82, 2.24) is 20.5 Å². The van der Waals surface area contributed by atoms with Gasteiger partial charge in [-0.05, 0) is 5.56 Å². The van der Waals surface area contributed by atoms with E-state index in [-0.39, 0.29) is 5.88 Å². The number of morpholine rings is 1. The van der Waals surface area contributed by atoms with Crippen LogP contribution in [-0.4, -0.2) is 75.1 Å². The van der Waals surface area contributed by atoms with Crippen molar-refractivity contribution >= 4 is 5.96 Å². The molecule has 1 aliphatic heterocycles. The first-order valence-electron chi connectivity index (χ1n) is 8.35. The second kappa shape index (κ2) is 10.2. The number of rotatable bonds is 7. The summed E-state index contributed by atoms with van der Waals surface area (Å²) in [6.45, 7) is 4.15. The van der Waals surface area contributed by atoms with Crippen molar-refractivity contribution in [3.05, 3.63) is 23.9 Å². The predicted molar refractivity (Wildman–Crippen MR) is 91.2 cm³/mol. The number of aliphatic imine (C=N–C) groups is 1. The highest BCUT2D eigenvalue weighted by molar-refractivity contribution is 5.79. The van der Waals surface area contributed by atoms with Crippen molar-refractivity contribution in [2.75, 3.05) is 53.0 Å². The number of hydrogen-bond acceptors (Lipinski definition) is 5. The largest absolute Gasteiger partial charge is 0.468 e. The molecule has 2 heterocycles. The Balaban J connectivity index is 1.68. The molecular formula is C16H24F3N5O2. The molecule has 1 aromatic heterocycles. The third-order valence-corrected chi connectivity index (χ3v) is 3.69. The van der Waals surface area contributed by atoms with E-state index in [2.05, 4.69) is 30.2 Å². The molecule has 146 valence electrons. The molecule has 1 aliphatic rings. The Hall–Kier alpha value is -2.07. The number of pyridine rings is 1. The zero-order valence-corrected chi connectivity index (χ0v) is 14.7. The summed E-state index contributed by atoms with van der Waals surface area (Å²) in [5.74, 6) is 0.592. The number of nitrogens with zero attached hydrogens (tertiary/aromatic N) is 3. The second-order valence-electron chi connectivity index (χ2n) is 5.72. The van der Waals surface area contributed by atoms with E-state index in [0.717, 1.165) is 45.0 Å². The molecule has 0 aliphatic carbocycles. The number of hydrogen-bond donors (Lipinski definition) is 2. The van der Waals surface area contributed by atoms with Gasteiger partial charge in [0.2, 0.25) is 5.88 Å². The molecule has 10 heteroatoms. The molecule has 1 aromatic rings. The normalized spacial score (nSPS) is 16.4. The predicted octanol–water partition coefficient (Wildman–Crippen LogP) is 1.02. The molecule has 0 saturated carbocycles. The van der Waals surface area contributed by atoms with E-state index in [1.54, 1.807) is 13.1 Å².